The second-order valence-electron chi connectivity index (χ2n) is 6.27. The van der Waals surface area contributed by atoms with Gasteiger partial charge < -0.3 is 0 Å². The number of nitrogens with zero attached hydrogens (tertiary/aromatic N) is 3. The zero-order valence-electron chi connectivity index (χ0n) is 15.2. The Hall–Kier alpha value is -3.02. The average molecular weight is 465 g/mol. The molecule has 142 valence electrons. The van der Waals surface area contributed by atoms with Gasteiger partial charge in [-0.3, -0.25) is 4.79 Å². The minimum atomic E-state index is -0.290. The van der Waals surface area contributed by atoms with E-state index >= 15 is 0 Å². The van der Waals surface area contributed by atoms with Crippen molar-refractivity contribution in [3.05, 3.63) is 111 Å². The van der Waals surface area contributed by atoms with Crippen molar-refractivity contribution in [1.82, 2.24) is 5.01 Å². The molecule has 1 heterocycles. The zero-order chi connectivity index (χ0) is 20.2. The first-order valence-electron chi connectivity index (χ1n) is 8.86. The lowest BCUT2D eigenvalue weighted by molar-refractivity contribution is -0.122. The second kappa shape index (κ2) is 8.55. The summed E-state index contributed by atoms with van der Waals surface area (Å²) in [4.78, 5) is 17.6. The van der Waals surface area contributed by atoms with Gasteiger partial charge in [-0.15, -0.1) is 0 Å². The molecule has 29 heavy (non-hydrogen) atoms. The molecule has 1 amide bonds. The van der Waals surface area contributed by atoms with Crippen LogP contribution in [-0.2, 0) is 4.79 Å². The lowest BCUT2D eigenvalue weighted by Crippen LogP contribution is -2.27. The predicted molar refractivity (Wildman–Crippen MR) is 121 cm³/mol. The summed E-state index contributed by atoms with van der Waals surface area (Å²) in [5, 5.41) is 6.40. The highest BCUT2D eigenvalue weighted by atomic mass is 79.9. The Balaban J connectivity index is 1.73. The van der Waals surface area contributed by atoms with Crippen LogP contribution in [0.3, 0.4) is 0 Å². The van der Waals surface area contributed by atoms with E-state index in [1.807, 2.05) is 66.7 Å². The molecular weight excluding hydrogens is 450 g/mol. The predicted octanol–water partition coefficient (Wildman–Crippen LogP) is 5.77. The summed E-state index contributed by atoms with van der Waals surface area (Å²) in [6.45, 7) is 0. The van der Waals surface area contributed by atoms with Gasteiger partial charge in [0.05, 0.1) is 6.21 Å². The summed E-state index contributed by atoms with van der Waals surface area (Å²) in [5.74, 6) is 0.196. The van der Waals surface area contributed by atoms with Crippen LogP contribution in [0.15, 0.2) is 99.1 Å². The van der Waals surface area contributed by atoms with Gasteiger partial charge in [-0.2, -0.15) is 10.1 Å². The van der Waals surface area contributed by atoms with E-state index < -0.39 is 0 Å². The fraction of sp³-hybridized carbons (Fsp3) is 0. The highest BCUT2D eigenvalue weighted by Crippen LogP contribution is 2.23. The van der Waals surface area contributed by atoms with Crippen molar-refractivity contribution < 1.29 is 4.79 Å². The Morgan fingerprint density at radius 3 is 2.34 bits per heavy atom. The normalized spacial score (nSPS) is 15.4. The van der Waals surface area contributed by atoms with E-state index in [1.165, 1.54) is 5.01 Å². The Morgan fingerprint density at radius 1 is 0.931 bits per heavy atom. The molecule has 4 nitrogen and oxygen atoms in total. The van der Waals surface area contributed by atoms with Crippen molar-refractivity contribution in [2.24, 2.45) is 10.1 Å². The lowest BCUT2D eigenvalue weighted by atomic mass is 10.2. The summed E-state index contributed by atoms with van der Waals surface area (Å²) < 4.78 is 0.894. The number of benzene rings is 3. The summed E-state index contributed by atoms with van der Waals surface area (Å²) in [6, 6.07) is 24.4. The van der Waals surface area contributed by atoms with Crippen molar-refractivity contribution >= 4 is 51.6 Å². The Morgan fingerprint density at radius 2 is 1.62 bits per heavy atom. The van der Waals surface area contributed by atoms with Crippen LogP contribution >= 0.6 is 27.5 Å². The first-order chi connectivity index (χ1) is 14.1. The molecule has 0 bridgehead atoms. The van der Waals surface area contributed by atoms with Gasteiger partial charge in [0.1, 0.15) is 5.70 Å². The quantitative estimate of drug-likeness (QED) is 0.357. The van der Waals surface area contributed by atoms with Crippen molar-refractivity contribution in [2.75, 3.05) is 0 Å². The number of rotatable bonds is 4. The van der Waals surface area contributed by atoms with Gasteiger partial charge in [0.2, 0.25) is 0 Å². The van der Waals surface area contributed by atoms with Crippen LogP contribution in [0, 0.1) is 0 Å². The van der Waals surface area contributed by atoms with E-state index in [0.29, 0.717) is 16.6 Å². The SMILES string of the molecule is O=C1/C(=C/c2ccc(Cl)cc2)N=C(c2ccccc2)N1/N=C/c1ccccc1Br. The molecule has 0 spiro atoms. The molecule has 0 atom stereocenters. The molecule has 0 radical (unpaired) electrons. The Kier molecular flexibility index (Phi) is 5.69. The number of carbonyl (C=O) groups excluding carboxylic acids is 1. The molecule has 1 aliphatic rings. The van der Waals surface area contributed by atoms with Crippen molar-refractivity contribution in [1.29, 1.82) is 0 Å². The molecule has 0 saturated carbocycles. The molecule has 3 aromatic rings. The monoisotopic (exact) mass is 463 g/mol. The second-order valence-corrected chi connectivity index (χ2v) is 7.56. The van der Waals surface area contributed by atoms with Crippen molar-refractivity contribution in [2.45, 2.75) is 0 Å². The number of aliphatic imine (C=N–C) groups is 1. The molecule has 0 N–H and O–H groups in total. The zero-order valence-corrected chi connectivity index (χ0v) is 17.5. The van der Waals surface area contributed by atoms with Crippen LogP contribution < -0.4 is 0 Å². The number of halogens is 2. The first kappa shape index (κ1) is 19.3. The fourth-order valence-corrected chi connectivity index (χ4v) is 3.32. The Labute approximate surface area is 182 Å². The maximum atomic E-state index is 13.1. The van der Waals surface area contributed by atoms with Crippen molar-refractivity contribution in [3.8, 4) is 0 Å². The van der Waals surface area contributed by atoms with Gasteiger partial charge in [0.15, 0.2) is 5.84 Å². The van der Waals surface area contributed by atoms with Crippen LogP contribution in [0.1, 0.15) is 16.7 Å². The minimum Gasteiger partial charge on any atom is -0.265 e. The third-order valence-electron chi connectivity index (χ3n) is 4.26. The van der Waals surface area contributed by atoms with Crippen molar-refractivity contribution in [3.63, 3.8) is 0 Å². The molecule has 4 rings (SSSR count). The largest absolute Gasteiger partial charge is 0.298 e. The van der Waals surface area contributed by atoms with Gasteiger partial charge in [-0.25, -0.2) is 4.99 Å². The summed E-state index contributed by atoms with van der Waals surface area (Å²) >= 11 is 9.45. The van der Waals surface area contributed by atoms with Gasteiger partial charge in [0, 0.05) is 20.6 Å². The molecular formula is C23H15BrClN3O. The van der Waals surface area contributed by atoms with E-state index in [2.05, 4.69) is 26.0 Å². The van der Waals surface area contributed by atoms with Gasteiger partial charge in [-0.05, 0) is 29.8 Å². The Bertz CT molecular complexity index is 1140. The standard InChI is InChI=1S/C23H15BrClN3O/c24-20-9-5-4-8-18(20)15-26-28-22(17-6-2-1-3-7-17)27-21(23(28)29)14-16-10-12-19(25)13-11-16/h1-15H/b21-14-,26-15+. The van der Waals surface area contributed by atoms with Crippen LogP contribution in [0.4, 0.5) is 0 Å². The number of hydrogen-bond donors (Lipinski definition) is 0. The van der Waals surface area contributed by atoms with Crippen LogP contribution in [0.2, 0.25) is 5.02 Å². The third kappa shape index (κ3) is 4.36. The third-order valence-corrected chi connectivity index (χ3v) is 5.24. The van der Waals surface area contributed by atoms with Crippen LogP contribution in [-0.4, -0.2) is 23.0 Å². The van der Waals surface area contributed by atoms with E-state index in [-0.39, 0.29) is 5.91 Å². The maximum absolute atomic E-state index is 13.1. The molecule has 3 aromatic carbocycles. The lowest BCUT2D eigenvalue weighted by Gasteiger charge is -2.12. The van der Waals surface area contributed by atoms with Gasteiger partial charge >= 0.3 is 0 Å². The average Bonchev–Trinajstić information content (AvgIpc) is 3.05. The number of hydrogen-bond acceptors (Lipinski definition) is 3. The van der Waals surface area contributed by atoms with E-state index in [1.54, 1.807) is 24.4 Å². The molecule has 0 saturated heterocycles. The van der Waals surface area contributed by atoms with E-state index in [0.717, 1.165) is 21.2 Å². The summed E-state index contributed by atoms with van der Waals surface area (Å²) in [7, 11) is 0. The smallest absolute Gasteiger partial charge is 0.265 e. The highest BCUT2D eigenvalue weighted by molar-refractivity contribution is 9.10. The highest BCUT2D eigenvalue weighted by Gasteiger charge is 2.31. The molecule has 0 aliphatic carbocycles. The number of amidine groups is 1. The van der Waals surface area contributed by atoms with E-state index in [9.17, 15) is 4.79 Å². The van der Waals surface area contributed by atoms with E-state index in [4.69, 9.17) is 11.6 Å². The number of amides is 1. The minimum absolute atomic E-state index is 0.290. The van der Waals surface area contributed by atoms with Gasteiger partial charge in [-0.1, -0.05) is 88.2 Å². The molecule has 1 aliphatic heterocycles. The molecule has 0 fully saturated rings. The molecule has 0 unspecified atom stereocenters. The topological polar surface area (TPSA) is 45.0 Å². The first-order valence-corrected chi connectivity index (χ1v) is 10.0. The fourth-order valence-electron chi connectivity index (χ4n) is 2.81. The van der Waals surface area contributed by atoms with Gasteiger partial charge in [0.25, 0.3) is 5.91 Å². The number of carbonyl (C=O) groups is 1. The maximum Gasteiger partial charge on any atom is 0.298 e. The summed E-state index contributed by atoms with van der Waals surface area (Å²) in [6.07, 6.45) is 3.38. The van der Waals surface area contributed by atoms with Crippen LogP contribution in [0.5, 0.6) is 0 Å². The van der Waals surface area contributed by atoms with Crippen LogP contribution in [0.25, 0.3) is 6.08 Å². The summed E-state index contributed by atoms with van der Waals surface area (Å²) in [5.41, 5.74) is 2.83. The molecule has 6 heteroatoms. The number of hydrazone groups is 1. The molecule has 0 aromatic heterocycles.